The van der Waals surface area contributed by atoms with E-state index in [1.165, 1.54) is 6.26 Å². The van der Waals surface area contributed by atoms with Crippen molar-refractivity contribution in [2.24, 2.45) is 5.92 Å². The molecule has 2 unspecified atom stereocenters. The number of amides is 1. The van der Waals surface area contributed by atoms with Gasteiger partial charge in [0, 0.05) is 13.0 Å². The van der Waals surface area contributed by atoms with Crippen LogP contribution in [0.5, 0.6) is 0 Å². The molecular formula is C20H27ClN2O3. The molecule has 6 heteroatoms. The largest absolute Gasteiger partial charge is 0.467 e. The predicted octanol–water partition coefficient (Wildman–Crippen LogP) is 3.15. The number of aliphatic hydroxyl groups excluding tert-OH is 1. The van der Waals surface area contributed by atoms with Gasteiger partial charge < -0.3 is 19.7 Å². The molecule has 26 heavy (non-hydrogen) atoms. The Morgan fingerprint density at radius 2 is 2.08 bits per heavy atom. The van der Waals surface area contributed by atoms with Crippen LogP contribution in [0.25, 0.3) is 0 Å². The Morgan fingerprint density at radius 3 is 2.73 bits per heavy atom. The zero-order chi connectivity index (χ0) is 17.5. The Hall–Kier alpha value is -1.82. The van der Waals surface area contributed by atoms with Gasteiger partial charge in [-0.2, -0.15) is 0 Å². The standard InChI is InChI=1S/C20H26N2O3.ClH/c23-18(19-7-4-12-25-19)15-22(14-17-5-2-1-3-6-17)20(24)9-8-16-10-11-21-13-16;/h1-7,12,16,18,21,23H,8-11,13-15H2;1H. The van der Waals surface area contributed by atoms with Gasteiger partial charge in [0.25, 0.3) is 0 Å². The number of carbonyl (C=O) groups excluding carboxylic acids is 1. The first-order chi connectivity index (χ1) is 12.2. The van der Waals surface area contributed by atoms with Gasteiger partial charge >= 0.3 is 0 Å². The third-order valence-electron chi connectivity index (χ3n) is 4.76. The monoisotopic (exact) mass is 378 g/mol. The summed E-state index contributed by atoms with van der Waals surface area (Å²) < 4.78 is 5.27. The highest BCUT2D eigenvalue weighted by molar-refractivity contribution is 5.85. The van der Waals surface area contributed by atoms with Gasteiger partial charge in [0.1, 0.15) is 11.9 Å². The van der Waals surface area contributed by atoms with Crippen LogP contribution in [-0.4, -0.2) is 35.5 Å². The molecule has 2 aromatic rings. The summed E-state index contributed by atoms with van der Waals surface area (Å²) in [5, 5.41) is 13.7. The molecule has 3 rings (SSSR count). The Bertz CT molecular complexity index is 642. The van der Waals surface area contributed by atoms with E-state index in [9.17, 15) is 9.90 Å². The second kappa shape index (κ2) is 10.4. The van der Waals surface area contributed by atoms with Crippen molar-refractivity contribution in [3.8, 4) is 0 Å². The minimum absolute atomic E-state index is 0. The summed E-state index contributed by atoms with van der Waals surface area (Å²) in [5.41, 5.74) is 1.06. The lowest BCUT2D eigenvalue weighted by Gasteiger charge is -2.25. The summed E-state index contributed by atoms with van der Waals surface area (Å²) in [7, 11) is 0. The molecular weight excluding hydrogens is 352 g/mol. The molecule has 1 fully saturated rings. The number of halogens is 1. The van der Waals surface area contributed by atoms with Gasteiger partial charge in [-0.15, -0.1) is 12.4 Å². The Kier molecular flexibility index (Phi) is 8.16. The number of furan rings is 1. The molecule has 1 aromatic heterocycles. The van der Waals surface area contributed by atoms with Gasteiger partial charge in [-0.3, -0.25) is 4.79 Å². The van der Waals surface area contributed by atoms with Crippen LogP contribution in [-0.2, 0) is 11.3 Å². The number of hydrogen-bond donors (Lipinski definition) is 2. The normalized spacial score (nSPS) is 17.5. The number of nitrogens with zero attached hydrogens (tertiary/aromatic N) is 1. The Labute approximate surface area is 160 Å². The van der Waals surface area contributed by atoms with E-state index in [0.29, 0.717) is 24.6 Å². The maximum Gasteiger partial charge on any atom is 0.222 e. The second-order valence-corrected chi connectivity index (χ2v) is 6.69. The smallest absolute Gasteiger partial charge is 0.222 e. The lowest BCUT2D eigenvalue weighted by molar-refractivity contribution is -0.133. The van der Waals surface area contributed by atoms with Crippen molar-refractivity contribution in [2.45, 2.75) is 31.9 Å². The molecule has 1 saturated heterocycles. The minimum atomic E-state index is -0.809. The van der Waals surface area contributed by atoms with Gasteiger partial charge in [0.15, 0.2) is 0 Å². The third-order valence-corrected chi connectivity index (χ3v) is 4.76. The summed E-state index contributed by atoms with van der Waals surface area (Å²) in [6, 6.07) is 13.4. The quantitative estimate of drug-likeness (QED) is 0.740. The zero-order valence-electron chi connectivity index (χ0n) is 14.8. The van der Waals surface area contributed by atoms with Gasteiger partial charge in [-0.25, -0.2) is 0 Å². The molecule has 0 saturated carbocycles. The predicted molar refractivity (Wildman–Crippen MR) is 103 cm³/mol. The van der Waals surface area contributed by atoms with Crippen LogP contribution < -0.4 is 5.32 Å². The van der Waals surface area contributed by atoms with Crippen molar-refractivity contribution < 1.29 is 14.3 Å². The Morgan fingerprint density at radius 1 is 1.27 bits per heavy atom. The van der Waals surface area contributed by atoms with Crippen molar-refractivity contribution in [1.29, 1.82) is 0 Å². The SMILES string of the molecule is Cl.O=C(CCC1CCNC1)N(Cc1ccccc1)CC(O)c1ccco1. The van der Waals surface area contributed by atoms with Crippen LogP contribution in [0.4, 0.5) is 0 Å². The van der Waals surface area contributed by atoms with Crippen molar-refractivity contribution in [3.05, 3.63) is 60.1 Å². The van der Waals surface area contributed by atoms with E-state index in [-0.39, 0.29) is 24.9 Å². The summed E-state index contributed by atoms with van der Waals surface area (Å²) in [4.78, 5) is 14.5. The van der Waals surface area contributed by atoms with Crippen molar-refractivity contribution in [2.75, 3.05) is 19.6 Å². The molecule has 2 heterocycles. The molecule has 1 amide bonds. The lowest BCUT2D eigenvalue weighted by atomic mass is 10.0. The summed E-state index contributed by atoms with van der Waals surface area (Å²) in [5.74, 6) is 1.16. The van der Waals surface area contributed by atoms with E-state index in [1.54, 1.807) is 17.0 Å². The highest BCUT2D eigenvalue weighted by Crippen LogP contribution is 2.19. The highest BCUT2D eigenvalue weighted by atomic mass is 35.5. The maximum atomic E-state index is 12.8. The molecule has 0 radical (unpaired) electrons. The molecule has 1 aliphatic rings. The molecule has 1 aromatic carbocycles. The van der Waals surface area contributed by atoms with Crippen molar-refractivity contribution in [1.82, 2.24) is 10.2 Å². The molecule has 2 N–H and O–H groups in total. The van der Waals surface area contributed by atoms with Crippen molar-refractivity contribution in [3.63, 3.8) is 0 Å². The highest BCUT2D eigenvalue weighted by Gasteiger charge is 2.22. The fraction of sp³-hybridized carbons (Fsp3) is 0.450. The number of nitrogens with one attached hydrogen (secondary N) is 1. The van der Waals surface area contributed by atoms with E-state index in [4.69, 9.17) is 4.42 Å². The van der Waals surface area contributed by atoms with Gasteiger partial charge in [0.05, 0.1) is 12.8 Å². The summed E-state index contributed by atoms with van der Waals surface area (Å²) in [6.07, 6.45) is 3.28. The van der Waals surface area contributed by atoms with E-state index in [2.05, 4.69) is 5.32 Å². The van der Waals surface area contributed by atoms with Crippen LogP contribution >= 0.6 is 12.4 Å². The summed E-state index contributed by atoms with van der Waals surface area (Å²) in [6.45, 7) is 2.79. The first-order valence-electron chi connectivity index (χ1n) is 8.96. The van der Waals surface area contributed by atoms with Crippen LogP contribution in [0.1, 0.15) is 36.7 Å². The molecule has 0 aliphatic carbocycles. The third kappa shape index (κ3) is 5.87. The molecule has 0 spiro atoms. The molecule has 0 bridgehead atoms. The van der Waals surface area contributed by atoms with E-state index in [0.717, 1.165) is 31.5 Å². The fourth-order valence-corrected chi connectivity index (χ4v) is 3.28. The lowest BCUT2D eigenvalue weighted by Crippen LogP contribution is -2.34. The minimum Gasteiger partial charge on any atom is -0.467 e. The first-order valence-corrected chi connectivity index (χ1v) is 8.96. The average molecular weight is 379 g/mol. The fourth-order valence-electron chi connectivity index (χ4n) is 3.28. The van der Waals surface area contributed by atoms with Crippen LogP contribution in [0.3, 0.4) is 0 Å². The summed E-state index contributed by atoms with van der Waals surface area (Å²) >= 11 is 0. The molecule has 2 atom stereocenters. The van der Waals surface area contributed by atoms with Gasteiger partial charge in [-0.05, 0) is 49.5 Å². The van der Waals surface area contributed by atoms with Crippen LogP contribution in [0, 0.1) is 5.92 Å². The van der Waals surface area contributed by atoms with Crippen molar-refractivity contribution >= 4 is 18.3 Å². The molecule has 142 valence electrons. The molecule has 5 nitrogen and oxygen atoms in total. The number of hydrogen-bond acceptors (Lipinski definition) is 4. The number of aliphatic hydroxyl groups is 1. The first kappa shape index (κ1) is 20.5. The van der Waals surface area contributed by atoms with Gasteiger partial charge in [0.2, 0.25) is 5.91 Å². The van der Waals surface area contributed by atoms with Gasteiger partial charge in [-0.1, -0.05) is 30.3 Å². The number of rotatable bonds is 8. The average Bonchev–Trinajstić information content (AvgIpc) is 3.33. The topological polar surface area (TPSA) is 65.7 Å². The van der Waals surface area contributed by atoms with E-state index in [1.807, 2.05) is 30.3 Å². The zero-order valence-corrected chi connectivity index (χ0v) is 15.7. The number of carbonyl (C=O) groups is 1. The Balaban J connectivity index is 0.00000243. The van der Waals surface area contributed by atoms with Crippen LogP contribution in [0.15, 0.2) is 53.1 Å². The maximum absolute atomic E-state index is 12.8. The number of benzene rings is 1. The molecule has 1 aliphatic heterocycles. The van der Waals surface area contributed by atoms with E-state index < -0.39 is 6.10 Å². The van der Waals surface area contributed by atoms with E-state index >= 15 is 0 Å². The van der Waals surface area contributed by atoms with Crippen LogP contribution in [0.2, 0.25) is 0 Å². The second-order valence-electron chi connectivity index (χ2n) is 6.69.